The summed E-state index contributed by atoms with van der Waals surface area (Å²) < 4.78 is 16.8. The lowest BCUT2D eigenvalue weighted by molar-refractivity contribution is -0.135. The molecule has 1 aromatic carbocycles. The summed E-state index contributed by atoms with van der Waals surface area (Å²) in [7, 11) is 0. The Morgan fingerprint density at radius 3 is 2.78 bits per heavy atom. The van der Waals surface area contributed by atoms with Gasteiger partial charge in [0.05, 0.1) is 18.0 Å². The number of nitrogens with zero attached hydrogens (tertiary/aromatic N) is 1. The molecule has 0 N–H and O–H groups in total. The van der Waals surface area contributed by atoms with Crippen LogP contribution in [0.1, 0.15) is 36.5 Å². The Labute approximate surface area is 159 Å². The van der Waals surface area contributed by atoms with E-state index in [1.165, 1.54) is 0 Å². The monoisotopic (exact) mass is 373 g/mol. The lowest BCUT2D eigenvalue weighted by Gasteiger charge is -2.24. The normalized spacial score (nSPS) is 16.9. The highest BCUT2D eigenvalue weighted by molar-refractivity contribution is 5.88. The van der Waals surface area contributed by atoms with Gasteiger partial charge in [-0.25, -0.2) is 4.79 Å². The maximum absolute atomic E-state index is 12.7. The van der Waals surface area contributed by atoms with Gasteiger partial charge in [0, 0.05) is 18.7 Å². The van der Waals surface area contributed by atoms with E-state index in [4.69, 9.17) is 13.9 Å². The first kappa shape index (κ1) is 19.4. The second-order valence-corrected chi connectivity index (χ2v) is 7.11. The van der Waals surface area contributed by atoms with E-state index in [2.05, 4.69) is 0 Å². The molecule has 6 heteroatoms. The molecule has 27 heavy (non-hydrogen) atoms. The number of benzene rings is 1. The lowest BCUT2D eigenvalue weighted by Crippen LogP contribution is -2.41. The summed E-state index contributed by atoms with van der Waals surface area (Å²) in [5.74, 6) is 0.530. The molecule has 2 heterocycles. The first-order valence-electron chi connectivity index (χ1n) is 9.47. The van der Waals surface area contributed by atoms with Gasteiger partial charge in [-0.1, -0.05) is 0 Å². The summed E-state index contributed by atoms with van der Waals surface area (Å²) in [5, 5.41) is 0.748. The molecule has 6 nitrogen and oxygen atoms in total. The van der Waals surface area contributed by atoms with E-state index in [-0.39, 0.29) is 24.2 Å². The van der Waals surface area contributed by atoms with Crippen molar-refractivity contribution in [1.29, 1.82) is 0 Å². The largest absolute Gasteiger partial charge is 0.483 e. The SMILES string of the molecule is CCOCC1CCCN1C(=O)COc1cc(C)cc2oc(=O)c(C)c(C)c12. The summed E-state index contributed by atoms with van der Waals surface area (Å²) in [5.41, 5.74) is 2.43. The summed E-state index contributed by atoms with van der Waals surface area (Å²) in [6.07, 6.45) is 1.95. The molecule has 1 saturated heterocycles. The standard InChI is InChI=1S/C21H27NO5/c1-5-25-11-16-7-6-8-22(16)19(23)12-26-17-9-13(2)10-18-20(17)14(3)15(4)21(24)27-18/h9-10,16H,5-8,11-12H2,1-4H3. The van der Waals surface area contributed by atoms with Crippen LogP contribution in [0.25, 0.3) is 11.0 Å². The molecule has 3 rings (SSSR count). The van der Waals surface area contributed by atoms with Gasteiger partial charge < -0.3 is 18.8 Å². The Balaban J connectivity index is 1.81. The molecule has 0 saturated carbocycles. The van der Waals surface area contributed by atoms with Crippen molar-refractivity contribution in [2.24, 2.45) is 0 Å². The number of rotatable bonds is 6. The van der Waals surface area contributed by atoms with Crippen molar-refractivity contribution in [2.45, 2.75) is 46.6 Å². The summed E-state index contributed by atoms with van der Waals surface area (Å²) in [4.78, 5) is 26.5. The molecule has 0 bridgehead atoms. The van der Waals surface area contributed by atoms with Crippen molar-refractivity contribution in [3.8, 4) is 5.75 Å². The van der Waals surface area contributed by atoms with Gasteiger partial charge >= 0.3 is 5.63 Å². The van der Waals surface area contributed by atoms with Gasteiger partial charge in [-0.05, 0) is 63.8 Å². The highest BCUT2D eigenvalue weighted by Gasteiger charge is 2.29. The fraction of sp³-hybridized carbons (Fsp3) is 0.524. The third-order valence-corrected chi connectivity index (χ3v) is 5.22. The first-order chi connectivity index (χ1) is 12.9. The van der Waals surface area contributed by atoms with Crippen LogP contribution < -0.4 is 10.4 Å². The molecule has 1 aliphatic rings. The maximum atomic E-state index is 12.7. The van der Waals surface area contributed by atoms with Gasteiger partial charge in [0.15, 0.2) is 6.61 Å². The summed E-state index contributed by atoms with van der Waals surface area (Å²) in [6, 6.07) is 3.82. The Hall–Kier alpha value is -2.34. The molecular formula is C21H27NO5. The van der Waals surface area contributed by atoms with Crippen LogP contribution >= 0.6 is 0 Å². The lowest BCUT2D eigenvalue weighted by atomic mass is 10.0. The molecule has 146 valence electrons. The molecule has 2 aromatic rings. The molecule has 1 amide bonds. The summed E-state index contributed by atoms with van der Waals surface area (Å²) in [6.45, 7) is 9.38. The van der Waals surface area contributed by atoms with Gasteiger partial charge in [-0.2, -0.15) is 0 Å². The van der Waals surface area contributed by atoms with E-state index >= 15 is 0 Å². The number of aryl methyl sites for hydroxylation is 2. The zero-order chi connectivity index (χ0) is 19.6. The van der Waals surface area contributed by atoms with Crippen molar-refractivity contribution >= 4 is 16.9 Å². The van der Waals surface area contributed by atoms with E-state index in [1.807, 2.05) is 37.8 Å². The number of carbonyl (C=O) groups is 1. The second-order valence-electron chi connectivity index (χ2n) is 7.11. The predicted octanol–water partition coefficient (Wildman–Crippen LogP) is 3.12. The van der Waals surface area contributed by atoms with Crippen LogP contribution in [0.2, 0.25) is 0 Å². The smallest absolute Gasteiger partial charge is 0.339 e. The zero-order valence-electron chi connectivity index (χ0n) is 16.5. The molecule has 1 fully saturated rings. The number of amides is 1. The molecule has 1 aliphatic heterocycles. The summed E-state index contributed by atoms with van der Waals surface area (Å²) >= 11 is 0. The van der Waals surface area contributed by atoms with E-state index < -0.39 is 0 Å². The van der Waals surface area contributed by atoms with Crippen molar-refractivity contribution in [2.75, 3.05) is 26.4 Å². The minimum Gasteiger partial charge on any atom is -0.483 e. The number of likely N-dealkylation sites (tertiary alicyclic amines) is 1. The Kier molecular flexibility index (Phi) is 5.85. The van der Waals surface area contributed by atoms with Crippen LogP contribution in [0.15, 0.2) is 21.3 Å². The molecule has 1 atom stereocenters. The van der Waals surface area contributed by atoms with Crippen LogP contribution in [-0.4, -0.2) is 43.2 Å². The van der Waals surface area contributed by atoms with Gasteiger partial charge in [-0.3, -0.25) is 4.79 Å². The minimum atomic E-state index is -0.344. The topological polar surface area (TPSA) is 69.0 Å². The quantitative estimate of drug-likeness (QED) is 0.728. The molecular weight excluding hydrogens is 346 g/mol. The van der Waals surface area contributed by atoms with E-state index in [9.17, 15) is 9.59 Å². The first-order valence-corrected chi connectivity index (χ1v) is 9.47. The number of ether oxygens (including phenoxy) is 2. The van der Waals surface area contributed by atoms with Crippen molar-refractivity contribution in [3.05, 3.63) is 39.2 Å². The number of fused-ring (bicyclic) bond motifs is 1. The predicted molar refractivity (Wildman–Crippen MR) is 103 cm³/mol. The average Bonchev–Trinajstić information content (AvgIpc) is 3.10. The minimum absolute atomic E-state index is 0.0429. The Bertz CT molecular complexity index is 902. The average molecular weight is 373 g/mol. The van der Waals surface area contributed by atoms with Gasteiger partial charge in [0.2, 0.25) is 0 Å². The zero-order valence-corrected chi connectivity index (χ0v) is 16.5. The Morgan fingerprint density at radius 1 is 1.26 bits per heavy atom. The number of hydrogen-bond donors (Lipinski definition) is 0. The van der Waals surface area contributed by atoms with Crippen molar-refractivity contribution in [1.82, 2.24) is 4.90 Å². The van der Waals surface area contributed by atoms with Crippen LogP contribution in [0.5, 0.6) is 5.75 Å². The molecule has 0 spiro atoms. The van der Waals surface area contributed by atoms with Crippen LogP contribution in [0.4, 0.5) is 0 Å². The fourth-order valence-electron chi connectivity index (χ4n) is 3.62. The number of hydrogen-bond acceptors (Lipinski definition) is 5. The highest BCUT2D eigenvalue weighted by atomic mass is 16.5. The third kappa shape index (κ3) is 4.00. The van der Waals surface area contributed by atoms with E-state index in [1.54, 1.807) is 6.92 Å². The van der Waals surface area contributed by atoms with Crippen LogP contribution in [-0.2, 0) is 9.53 Å². The second kappa shape index (κ2) is 8.13. The maximum Gasteiger partial charge on any atom is 0.339 e. The van der Waals surface area contributed by atoms with Crippen LogP contribution in [0, 0.1) is 20.8 Å². The van der Waals surface area contributed by atoms with E-state index in [0.717, 1.165) is 35.9 Å². The van der Waals surface area contributed by atoms with E-state index in [0.29, 0.717) is 30.1 Å². The molecule has 0 radical (unpaired) electrons. The highest BCUT2D eigenvalue weighted by Crippen LogP contribution is 2.31. The van der Waals surface area contributed by atoms with Crippen LogP contribution in [0.3, 0.4) is 0 Å². The fourth-order valence-corrected chi connectivity index (χ4v) is 3.62. The van der Waals surface area contributed by atoms with Crippen molar-refractivity contribution in [3.63, 3.8) is 0 Å². The molecule has 1 aromatic heterocycles. The third-order valence-electron chi connectivity index (χ3n) is 5.22. The van der Waals surface area contributed by atoms with Gasteiger partial charge in [0.25, 0.3) is 5.91 Å². The van der Waals surface area contributed by atoms with Gasteiger partial charge in [-0.15, -0.1) is 0 Å². The molecule has 0 aliphatic carbocycles. The van der Waals surface area contributed by atoms with Gasteiger partial charge in [0.1, 0.15) is 11.3 Å². The molecule has 1 unspecified atom stereocenters. The Morgan fingerprint density at radius 2 is 2.04 bits per heavy atom. The van der Waals surface area contributed by atoms with Crippen molar-refractivity contribution < 1.29 is 18.7 Å². The number of carbonyl (C=O) groups excluding carboxylic acids is 1.